The predicted octanol–water partition coefficient (Wildman–Crippen LogP) is 2.65. The molecular weight excluding hydrogens is 284 g/mol. The number of esters is 1. The highest BCUT2D eigenvalue weighted by molar-refractivity contribution is 6.02. The summed E-state index contributed by atoms with van der Waals surface area (Å²) in [6.07, 6.45) is 0.328. The van der Waals surface area contributed by atoms with E-state index < -0.39 is 11.0 Å². The number of ketones is 1. The molecule has 1 aromatic rings. The van der Waals surface area contributed by atoms with Crippen molar-refractivity contribution >= 4 is 11.8 Å². The van der Waals surface area contributed by atoms with Gasteiger partial charge < -0.3 is 14.2 Å². The van der Waals surface area contributed by atoms with Crippen LogP contribution in [-0.4, -0.2) is 31.6 Å². The van der Waals surface area contributed by atoms with Crippen LogP contribution in [0.1, 0.15) is 39.2 Å². The van der Waals surface area contributed by atoms with E-state index in [0.29, 0.717) is 11.5 Å². The van der Waals surface area contributed by atoms with Gasteiger partial charge in [0.1, 0.15) is 16.8 Å². The molecular formula is C17H22O5. The number of benzene rings is 1. The van der Waals surface area contributed by atoms with Crippen LogP contribution in [0.2, 0.25) is 0 Å². The molecule has 1 aliphatic carbocycles. The molecule has 1 aliphatic rings. The van der Waals surface area contributed by atoms with Crippen LogP contribution in [0, 0.1) is 0 Å². The molecule has 0 N–H and O–H groups in total. The number of hydrogen-bond donors (Lipinski definition) is 0. The Morgan fingerprint density at radius 2 is 1.68 bits per heavy atom. The maximum Gasteiger partial charge on any atom is 0.317 e. The lowest BCUT2D eigenvalue weighted by molar-refractivity contribution is -0.169. The third kappa shape index (κ3) is 2.93. The fourth-order valence-electron chi connectivity index (χ4n) is 2.60. The first kappa shape index (κ1) is 16.3. The molecule has 5 heteroatoms. The number of carbonyl (C=O) groups excluding carboxylic acids is 2. The molecule has 5 nitrogen and oxygen atoms in total. The molecule has 0 aromatic heterocycles. The van der Waals surface area contributed by atoms with Gasteiger partial charge in [0.15, 0.2) is 11.5 Å². The quantitative estimate of drug-likeness (QED) is 0.800. The van der Waals surface area contributed by atoms with Gasteiger partial charge in [0.25, 0.3) is 0 Å². The van der Waals surface area contributed by atoms with Gasteiger partial charge in [0.2, 0.25) is 0 Å². The topological polar surface area (TPSA) is 61.8 Å². The van der Waals surface area contributed by atoms with Crippen LogP contribution in [-0.2, 0) is 19.7 Å². The lowest BCUT2D eigenvalue weighted by Crippen LogP contribution is -2.51. The van der Waals surface area contributed by atoms with Crippen LogP contribution in [0.3, 0.4) is 0 Å². The van der Waals surface area contributed by atoms with E-state index in [2.05, 4.69) is 0 Å². The first-order valence-electron chi connectivity index (χ1n) is 7.19. The first-order chi connectivity index (χ1) is 10.2. The van der Waals surface area contributed by atoms with E-state index in [9.17, 15) is 9.59 Å². The summed E-state index contributed by atoms with van der Waals surface area (Å²) in [5.41, 5.74) is -0.789. The van der Waals surface area contributed by atoms with E-state index in [-0.39, 0.29) is 24.6 Å². The molecule has 0 aliphatic heterocycles. The molecule has 0 unspecified atom stereocenters. The second kappa shape index (κ2) is 5.63. The minimum atomic E-state index is -0.913. The minimum Gasteiger partial charge on any atom is -0.493 e. The van der Waals surface area contributed by atoms with E-state index in [0.717, 1.165) is 5.56 Å². The summed E-state index contributed by atoms with van der Waals surface area (Å²) in [5, 5.41) is 0. The van der Waals surface area contributed by atoms with Gasteiger partial charge >= 0.3 is 5.97 Å². The molecule has 1 fully saturated rings. The van der Waals surface area contributed by atoms with Crippen molar-refractivity contribution in [3.8, 4) is 11.5 Å². The Morgan fingerprint density at radius 1 is 1.09 bits per heavy atom. The maximum atomic E-state index is 12.6. The van der Waals surface area contributed by atoms with Gasteiger partial charge in [0, 0.05) is 12.8 Å². The molecule has 0 atom stereocenters. The van der Waals surface area contributed by atoms with E-state index >= 15 is 0 Å². The Kier molecular flexibility index (Phi) is 4.18. The SMILES string of the molecule is COc1ccc(C2(C(=O)OC(C)(C)C)CC(=O)C2)cc1OC. The molecule has 0 bridgehead atoms. The maximum absolute atomic E-state index is 12.6. The minimum absolute atomic E-state index is 0.0562. The summed E-state index contributed by atoms with van der Waals surface area (Å²) in [4.78, 5) is 24.2. The van der Waals surface area contributed by atoms with Gasteiger partial charge in [0.05, 0.1) is 14.2 Å². The largest absolute Gasteiger partial charge is 0.493 e. The monoisotopic (exact) mass is 306 g/mol. The van der Waals surface area contributed by atoms with E-state index in [1.54, 1.807) is 25.3 Å². The second-order valence-electron chi connectivity index (χ2n) is 6.55. The van der Waals surface area contributed by atoms with E-state index in [1.807, 2.05) is 20.8 Å². The smallest absolute Gasteiger partial charge is 0.317 e. The van der Waals surface area contributed by atoms with Crippen molar-refractivity contribution in [3.63, 3.8) is 0 Å². The molecule has 0 spiro atoms. The summed E-state index contributed by atoms with van der Waals surface area (Å²) in [7, 11) is 3.09. The van der Waals surface area contributed by atoms with Crippen LogP contribution in [0.4, 0.5) is 0 Å². The van der Waals surface area contributed by atoms with Gasteiger partial charge in [-0.2, -0.15) is 0 Å². The van der Waals surface area contributed by atoms with Crippen LogP contribution >= 0.6 is 0 Å². The molecule has 0 saturated heterocycles. The summed E-state index contributed by atoms with van der Waals surface area (Å²) in [6, 6.07) is 5.27. The van der Waals surface area contributed by atoms with Crippen LogP contribution in [0.25, 0.3) is 0 Å². The summed E-state index contributed by atoms with van der Waals surface area (Å²) >= 11 is 0. The zero-order valence-corrected chi connectivity index (χ0v) is 13.7. The number of ether oxygens (including phenoxy) is 3. The summed E-state index contributed by atoms with van der Waals surface area (Å²) in [6.45, 7) is 5.44. The van der Waals surface area contributed by atoms with Crippen molar-refractivity contribution in [2.75, 3.05) is 14.2 Å². The Hall–Kier alpha value is -2.04. The Labute approximate surface area is 130 Å². The molecule has 0 amide bonds. The molecule has 1 saturated carbocycles. The van der Waals surface area contributed by atoms with Crippen molar-refractivity contribution in [1.29, 1.82) is 0 Å². The third-order valence-electron chi connectivity index (χ3n) is 3.72. The molecule has 1 aromatic carbocycles. The van der Waals surface area contributed by atoms with Gasteiger partial charge in [-0.25, -0.2) is 0 Å². The van der Waals surface area contributed by atoms with Crippen molar-refractivity contribution in [2.24, 2.45) is 0 Å². The van der Waals surface area contributed by atoms with Crippen molar-refractivity contribution in [2.45, 2.75) is 44.6 Å². The zero-order chi connectivity index (χ0) is 16.5. The number of carbonyl (C=O) groups is 2. The van der Waals surface area contributed by atoms with Gasteiger partial charge in [-0.1, -0.05) is 6.07 Å². The average Bonchev–Trinajstić information content (AvgIpc) is 2.40. The Bertz CT molecular complexity index is 590. The zero-order valence-electron chi connectivity index (χ0n) is 13.7. The normalized spacial score (nSPS) is 16.7. The molecule has 0 heterocycles. The summed E-state index contributed by atoms with van der Waals surface area (Å²) < 4.78 is 16.0. The highest BCUT2D eigenvalue weighted by Crippen LogP contribution is 2.45. The molecule has 0 radical (unpaired) electrons. The lowest BCUT2D eigenvalue weighted by Gasteiger charge is -2.40. The van der Waals surface area contributed by atoms with Crippen LogP contribution in [0.15, 0.2) is 18.2 Å². The van der Waals surface area contributed by atoms with Crippen molar-refractivity contribution in [1.82, 2.24) is 0 Å². The van der Waals surface area contributed by atoms with E-state index in [4.69, 9.17) is 14.2 Å². The number of Topliss-reactive ketones (excluding diaryl/α,β-unsaturated/α-hetero) is 1. The third-order valence-corrected chi connectivity index (χ3v) is 3.72. The molecule has 22 heavy (non-hydrogen) atoms. The predicted molar refractivity (Wildman–Crippen MR) is 81.3 cm³/mol. The number of hydrogen-bond acceptors (Lipinski definition) is 5. The van der Waals surface area contributed by atoms with Crippen LogP contribution < -0.4 is 9.47 Å². The van der Waals surface area contributed by atoms with Gasteiger partial charge in [-0.3, -0.25) is 9.59 Å². The summed E-state index contributed by atoms with van der Waals surface area (Å²) in [5.74, 6) is 0.797. The van der Waals surface area contributed by atoms with Crippen molar-refractivity contribution in [3.05, 3.63) is 23.8 Å². The fraction of sp³-hybridized carbons (Fsp3) is 0.529. The molecule has 120 valence electrons. The molecule has 2 rings (SSSR count). The Balaban J connectivity index is 2.40. The number of rotatable bonds is 4. The standard InChI is InChI=1S/C17H22O5/c1-16(2,3)22-15(19)17(9-12(18)10-17)11-6-7-13(20-4)14(8-11)21-5/h6-8H,9-10H2,1-5H3. The highest BCUT2D eigenvalue weighted by Gasteiger charge is 2.53. The van der Waals surface area contributed by atoms with Gasteiger partial charge in [-0.15, -0.1) is 0 Å². The highest BCUT2D eigenvalue weighted by atomic mass is 16.6. The lowest BCUT2D eigenvalue weighted by atomic mass is 9.63. The number of methoxy groups -OCH3 is 2. The fourth-order valence-corrected chi connectivity index (χ4v) is 2.60. The van der Waals surface area contributed by atoms with Crippen molar-refractivity contribution < 1.29 is 23.8 Å². The Morgan fingerprint density at radius 3 is 2.14 bits per heavy atom. The van der Waals surface area contributed by atoms with Gasteiger partial charge in [-0.05, 0) is 38.5 Å². The second-order valence-corrected chi connectivity index (χ2v) is 6.55. The van der Waals surface area contributed by atoms with Crippen LogP contribution in [0.5, 0.6) is 11.5 Å². The average molecular weight is 306 g/mol. The van der Waals surface area contributed by atoms with E-state index in [1.165, 1.54) is 7.11 Å². The first-order valence-corrected chi connectivity index (χ1v) is 7.19.